The van der Waals surface area contributed by atoms with Crippen molar-refractivity contribution in [3.05, 3.63) is 18.1 Å². The molecule has 0 aliphatic heterocycles. The molecule has 4 N–H and O–H groups in total. The number of carbonyl (C=O) groups is 1. The van der Waals surface area contributed by atoms with Gasteiger partial charge in [-0.1, -0.05) is 0 Å². The Hall–Kier alpha value is -2.59. The van der Waals surface area contributed by atoms with E-state index < -0.39 is 18.8 Å². The lowest BCUT2D eigenvalue weighted by molar-refractivity contribution is -0.118. The molecule has 1 aromatic heterocycles. The minimum absolute atomic E-state index is 0.262. The molecule has 8 nitrogen and oxygen atoms in total. The van der Waals surface area contributed by atoms with Crippen LogP contribution < -0.4 is 16.4 Å². The molecule has 11 heteroatoms. The van der Waals surface area contributed by atoms with E-state index in [1.807, 2.05) is 0 Å². The normalized spacial score (nSPS) is 11.9. The summed E-state index contributed by atoms with van der Waals surface area (Å²) in [5, 5.41) is 5.08. The highest BCUT2D eigenvalue weighted by molar-refractivity contribution is 5.91. The van der Waals surface area contributed by atoms with E-state index in [0.29, 0.717) is 38.2 Å². The molecule has 0 aromatic carbocycles. The third-order valence-corrected chi connectivity index (χ3v) is 2.76. The van der Waals surface area contributed by atoms with Gasteiger partial charge >= 0.3 is 12.3 Å². The maximum atomic E-state index is 12.1. The second-order valence-electron chi connectivity index (χ2n) is 4.90. The van der Waals surface area contributed by atoms with Gasteiger partial charge in [0.2, 0.25) is 0 Å². The molecule has 1 aromatic rings. The van der Waals surface area contributed by atoms with Crippen LogP contribution in [0, 0.1) is 0 Å². The van der Waals surface area contributed by atoms with Gasteiger partial charge in [-0.05, 0) is 25.8 Å². The maximum Gasteiger partial charge on any atom is 0.408 e. The number of amides is 1. The van der Waals surface area contributed by atoms with Gasteiger partial charge < -0.3 is 21.1 Å². The summed E-state index contributed by atoms with van der Waals surface area (Å²) in [6, 6.07) is 1.47. The molecule has 0 saturated heterocycles. The van der Waals surface area contributed by atoms with Crippen molar-refractivity contribution >= 4 is 17.9 Å². The second-order valence-corrected chi connectivity index (χ2v) is 4.90. The summed E-state index contributed by atoms with van der Waals surface area (Å²) < 4.78 is 40.9. The second kappa shape index (κ2) is 10.3. The first-order chi connectivity index (χ1) is 11.8. The molecule has 25 heavy (non-hydrogen) atoms. The minimum atomic E-state index is -4.42. The number of hydrogen-bond donors (Lipinski definition) is 3. The number of rotatable bonds is 8. The Balaban J connectivity index is 2.38. The van der Waals surface area contributed by atoms with Gasteiger partial charge in [0.25, 0.3) is 0 Å². The summed E-state index contributed by atoms with van der Waals surface area (Å²) in [5.74, 6) is 0.392. The first-order valence-corrected chi connectivity index (χ1v) is 7.66. The van der Waals surface area contributed by atoms with Crippen molar-refractivity contribution in [2.24, 2.45) is 10.7 Å². The molecule has 1 heterocycles. The molecule has 1 rings (SSSR count). The van der Waals surface area contributed by atoms with Crippen LogP contribution in [0.25, 0.3) is 0 Å². The number of hydrogen-bond acceptors (Lipinski definition) is 5. The van der Waals surface area contributed by atoms with E-state index in [9.17, 15) is 18.0 Å². The Labute approximate surface area is 143 Å². The van der Waals surface area contributed by atoms with E-state index in [0.717, 1.165) is 0 Å². The minimum Gasteiger partial charge on any atom is -0.450 e. The van der Waals surface area contributed by atoms with Crippen LogP contribution in [0.4, 0.5) is 23.8 Å². The number of guanidine groups is 1. The first-order valence-electron chi connectivity index (χ1n) is 7.66. The highest BCUT2D eigenvalue weighted by Crippen LogP contribution is 2.14. The molecular weight excluding hydrogens is 341 g/mol. The van der Waals surface area contributed by atoms with Crippen molar-refractivity contribution in [3.8, 4) is 0 Å². The quantitative estimate of drug-likeness (QED) is 0.369. The lowest BCUT2D eigenvalue weighted by atomic mass is 10.2. The van der Waals surface area contributed by atoms with Crippen LogP contribution in [0.2, 0.25) is 0 Å². The lowest BCUT2D eigenvalue weighted by Crippen LogP contribution is -2.26. The van der Waals surface area contributed by atoms with Crippen molar-refractivity contribution in [3.63, 3.8) is 0 Å². The van der Waals surface area contributed by atoms with Crippen molar-refractivity contribution in [1.29, 1.82) is 0 Å². The van der Waals surface area contributed by atoms with E-state index >= 15 is 0 Å². The van der Waals surface area contributed by atoms with Crippen molar-refractivity contribution in [1.82, 2.24) is 15.3 Å². The van der Waals surface area contributed by atoms with Gasteiger partial charge in [-0.15, -0.1) is 0 Å². The third kappa shape index (κ3) is 9.99. The van der Waals surface area contributed by atoms with Gasteiger partial charge in [-0.2, -0.15) is 13.2 Å². The number of nitrogens with one attached hydrogen (secondary N) is 2. The molecule has 0 unspecified atom stereocenters. The largest absolute Gasteiger partial charge is 0.450 e. The maximum absolute atomic E-state index is 12.1. The molecule has 0 aliphatic carbocycles. The van der Waals surface area contributed by atoms with Crippen molar-refractivity contribution in [2.45, 2.75) is 32.4 Å². The van der Waals surface area contributed by atoms with Gasteiger partial charge in [0.05, 0.1) is 6.61 Å². The van der Waals surface area contributed by atoms with Gasteiger partial charge in [-0.3, -0.25) is 0 Å². The summed E-state index contributed by atoms with van der Waals surface area (Å²) in [7, 11) is 0. The first kappa shape index (κ1) is 20.5. The fourth-order valence-electron chi connectivity index (χ4n) is 1.72. The summed E-state index contributed by atoms with van der Waals surface area (Å²) in [6.07, 6.45) is -1.44. The van der Waals surface area contributed by atoms with Gasteiger partial charge in [0.15, 0.2) is 5.96 Å². The number of carbonyl (C=O) groups excluding carboxylic acids is 1. The van der Waals surface area contributed by atoms with Crippen LogP contribution in [0.3, 0.4) is 0 Å². The van der Waals surface area contributed by atoms with E-state index in [1.165, 1.54) is 12.3 Å². The number of ether oxygens (including phenoxy) is 1. The molecule has 0 spiro atoms. The summed E-state index contributed by atoms with van der Waals surface area (Å²) >= 11 is 0. The monoisotopic (exact) mass is 362 g/mol. The molecule has 0 fully saturated rings. The fraction of sp³-hybridized carbons (Fsp3) is 0.571. The average molecular weight is 362 g/mol. The van der Waals surface area contributed by atoms with E-state index in [2.05, 4.69) is 25.6 Å². The highest BCUT2D eigenvalue weighted by atomic mass is 19.4. The van der Waals surface area contributed by atoms with Crippen LogP contribution in [0.1, 0.15) is 25.6 Å². The van der Waals surface area contributed by atoms with Crippen LogP contribution in [0.15, 0.2) is 17.3 Å². The predicted octanol–water partition coefficient (Wildman–Crippen LogP) is 1.83. The summed E-state index contributed by atoms with van der Waals surface area (Å²) in [5.41, 5.74) is 5.38. The predicted molar refractivity (Wildman–Crippen MR) is 86.2 cm³/mol. The van der Waals surface area contributed by atoms with Gasteiger partial charge in [0.1, 0.15) is 18.2 Å². The van der Waals surface area contributed by atoms with Crippen LogP contribution in [-0.2, 0) is 11.2 Å². The number of aryl methyl sites for hydroxylation is 1. The number of nitrogens with zero attached hydrogens (tertiary/aromatic N) is 3. The highest BCUT2D eigenvalue weighted by Gasteiger charge is 2.26. The Bertz CT molecular complexity index is 580. The zero-order chi connectivity index (χ0) is 18.7. The number of nitrogens with two attached hydrogens (primary N) is 1. The number of unbranched alkanes of at least 4 members (excludes halogenated alkanes) is 1. The van der Waals surface area contributed by atoms with E-state index in [4.69, 9.17) is 10.5 Å². The SMILES string of the molecule is CCOC(=O)NCCCCc1nccc(NC(N)=NCC(F)(F)F)n1. The number of aliphatic imine (C=N–C) groups is 1. The van der Waals surface area contributed by atoms with E-state index in [-0.39, 0.29) is 11.8 Å². The van der Waals surface area contributed by atoms with Gasteiger partial charge in [-0.25, -0.2) is 19.8 Å². The molecule has 140 valence electrons. The number of halogens is 3. The molecule has 0 atom stereocenters. The zero-order valence-electron chi connectivity index (χ0n) is 13.8. The van der Waals surface area contributed by atoms with Crippen LogP contribution >= 0.6 is 0 Å². The Morgan fingerprint density at radius 3 is 2.84 bits per heavy atom. The standard InChI is InChI=1S/C14H21F3N6O2/c1-2-25-13(24)20-7-4-3-5-10-19-8-6-11(22-10)23-12(18)21-9-14(15,16)17/h6,8H,2-5,7,9H2,1H3,(H,20,24)(H3,18,19,21,22,23). The Kier molecular flexibility index (Phi) is 8.44. The number of anilines is 1. The summed E-state index contributed by atoms with van der Waals surface area (Å²) in [6.45, 7) is 1.14. The fourth-order valence-corrected chi connectivity index (χ4v) is 1.72. The van der Waals surface area contributed by atoms with E-state index in [1.54, 1.807) is 6.92 Å². The molecule has 0 bridgehead atoms. The van der Waals surface area contributed by atoms with Crippen LogP contribution in [-0.4, -0.2) is 47.9 Å². The molecule has 0 radical (unpaired) electrons. The van der Waals surface area contributed by atoms with Crippen LogP contribution in [0.5, 0.6) is 0 Å². The molecule has 0 saturated carbocycles. The number of alkyl carbamates (subject to hydrolysis) is 1. The smallest absolute Gasteiger partial charge is 0.408 e. The van der Waals surface area contributed by atoms with Crippen molar-refractivity contribution in [2.75, 3.05) is 25.0 Å². The number of alkyl halides is 3. The van der Waals surface area contributed by atoms with Crippen molar-refractivity contribution < 1.29 is 22.7 Å². The summed E-state index contributed by atoms with van der Waals surface area (Å²) in [4.78, 5) is 22.5. The lowest BCUT2D eigenvalue weighted by Gasteiger charge is -2.08. The zero-order valence-corrected chi connectivity index (χ0v) is 13.8. The Morgan fingerprint density at radius 1 is 1.40 bits per heavy atom. The molecular formula is C14H21F3N6O2. The number of aromatic nitrogens is 2. The molecule has 0 aliphatic rings. The topological polar surface area (TPSA) is 115 Å². The Morgan fingerprint density at radius 2 is 2.16 bits per heavy atom. The average Bonchev–Trinajstić information content (AvgIpc) is 2.53. The third-order valence-electron chi connectivity index (χ3n) is 2.76. The van der Waals surface area contributed by atoms with Gasteiger partial charge in [0, 0.05) is 19.2 Å². The molecule has 1 amide bonds.